The zero-order valence-electron chi connectivity index (χ0n) is 25.8. The summed E-state index contributed by atoms with van der Waals surface area (Å²) in [4.78, 5) is 5.19. The second kappa shape index (κ2) is 11.5. The summed E-state index contributed by atoms with van der Waals surface area (Å²) in [6, 6.07) is 45.1. The molecule has 2 heterocycles. The van der Waals surface area contributed by atoms with E-state index in [0.29, 0.717) is 5.92 Å². The van der Waals surface area contributed by atoms with Crippen LogP contribution < -0.4 is 15.4 Å². The predicted molar refractivity (Wildman–Crippen MR) is 195 cm³/mol. The van der Waals surface area contributed by atoms with Crippen LogP contribution in [0.25, 0.3) is 38.4 Å². The van der Waals surface area contributed by atoms with Crippen LogP contribution in [0.1, 0.15) is 29.2 Å². The summed E-state index contributed by atoms with van der Waals surface area (Å²) in [5, 5.41) is 12.3. The number of ether oxygens (including phenoxy) is 1. The molecule has 226 valence electrons. The molecule has 3 aliphatic rings. The first-order chi connectivity index (χ1) is 23.3. The fraction of sp³-hybridized carbons (Fsp3) is 0.0930. The Labute approximate surface area is 274 Å². The molecule has 0 spiro atoms. The van der Waals surface area contributed by atoms with Crippen molar-refractivity contribution in [1.82, 2.24) is 5.32 Å². The minimum Gasteiger partial charge on any atom is -0.468 e. The third-order valence-corrected chi connectivity index (χ3v) is 9.45. The number of aliphatic imine (C=N–C) groups is 1. The second-order valence-electron chi connectivity index (χ2n) is 12.4. The molecular formula is C43H33N3O. The Kier molecular flexibility index (Phi) is 6.71. The number of nitrogens with one attached hydrogen (secondary N) is 2. The number of allylic oxidation sites excluding steroid dienone is 3. The van der Waals surface area contributed by atoms with Crippen molar-refractivity contribution in [3.05, 3.63) is 174 Å². The van der Waals surface area contributed by atoms with E-state index in [4.69, 9.17) is 9.73 Å². The van der Waals surface area contributed by atoms with Gasteiger partial charge in [0.1, 0.15) is 11.6 Å². The highest BCUT2D eigenvalue weighted by Crippen LogP contribution is 2.44. The van der Waals surface area contributed by atoms with E-state index < -0.39 is 0 Å². The Bertz CT molecular complexity index is 2270. The number of benzene rings is 6. The molecule has 6 aromatic carbocycles. The van der Waals surface area contributed by atoms with E-state index >= 15 is 0 Å². The highest BCUT2D eigenvalue weighted by molar-refractivity contribution is 6.16. The predicted octanol–water partition coefficient (Wildman–Crippen LogP) is 10.1. The molecule has 2 N–H and O–H groups in total. The van der Waals surface area contributed by atoms with Crippen LogP contribution in [0.3, 0.4) is 0 Å². The van der Waals surface area contributed by atoms with Gasteiger partial charge in [-0.05, 0) is 69.1 Å². The van der Waals surface area contributed by atoms with E-state index in [9.17, 15) is 0 Å². The number of nitrogens with zero attached hydrogens (tertiary/aromatic N) is 1. The van der Waals surface area contributed by atoms with Crippen molar-refractivity contribution in [1.29, 1.82) is 0 Å². The molecule has 0 aromatic heterocycles. The van der Waals surface area contributed by atoms with Crippen molar-refractivity contribution in [2.45, 2.75) is 18.7 Å². The number of amidine groups is 1. The molecule has 6 aromatic rings. The highest BCUT2D eigenvalue weighted by atomic mass is 16.5. The first-order valence-corrected chi connectivity index (χ1v) is 16.3. The molecule has 0 saturated carbocycles. The van der Waals surface area contributed by atoms with Gasteiger partial charge in [0.05, 0.1) is 17.4 Å². The largest absolute Gasteiger partial charge is 0.468 e. The summed E-state index contributed by atoms with van der Waals surface area (Å²) in [5.74, 6) is 2.08. The molecule has 9 rings (SSSR count). The summed E-state index contributed by atoms with van der Waals surface area (Å²) in [6.07, 6.45) is 11.8. The smallest absolute Gasteiger partial charge is 0.176 e. The van der Waals surface area contributed by atoms with Crippen molar-refractivity contribution in [2.75, 3.05) is 5.32 Å². The topological polar surface area (TPSA) is 45.7 Å². The van der Waals surface area contributed by atoms with Gasteiger partial charge in [0.25, 0.3) is 0 Å². The molecule has 4 heteroatoms. The van der Waals surface area contributed by atoms with Gasteiger partial charge in [-0.2, -0.15) is 0 Å². The van der Waals surface area contributed by atoms with Gasteiger partial charge < -0.3 is 15.4 Å². The van der Waals surface area contributed by atoms with Crippen molar-refractivity contribution < 1.29 is 4.74 Å². The minimum absolute atomic E-state index is 0.0427. The van der Waals surface area contributed by atoms with Crippen LogP contribution in [0.5, 0.6) is 5.75 Å². The first-order valence-electron chi connectivity index (χ1n) is 16.3. The van der Waals surface area contributed by atoms with Crippen LogP contribution in [-0.2, 0) is 0 Å². The van der Waals surface area contributed by atoms with Crippen LogP contribution in [0.4, 0.5) is 5.69 Å². The summed E-state index contributed by atoms with van der Waals surface area (Å²) in [5.41, 5.74) is 7.79. The minimum atomic E-state index is -0.0763. The monoisotopic (exact) mass is 607 g/mol. The number of fused-ring (bicyclic) bond motifs is 5. The lowest BCUT2D eigenvalue weighted by atomic mass is 9.95. The number of hydrogen-bond acceptors (Lipinski definition) is 4. The molecule has 0 bridgehead atoms. The fourth-order valence-corrected chi connectivity index (χ4v) is 7.03. The van der Waals surface area contributed by atoms with Crippen LogP contribution in [0.2, 0.25) is 0 Å². The van der Waals surface area contributed by atoms with Crippen molar-refractivity contribution in [2.24, 2.45) is 10.9 Å². The first kappa shape index (κ1) is 27.4. The molecule has 0 radical (unpaired) electrons. The van der Waals surface area contributed by atoms with Gasteiger partial charge >= 0.3 is 0 Å². The van der Waals surface area contributed by atoms with E-state index in [2.05, 4.69) is 162 Å². The lowest BCUT2D eigenvalue weighted by Gasteiger charge is -2.25. The molecule has 3 atom stereocenters. The lowest BCUT2D eigenvalue weighted by molar-refractivity contribution is 0.204. The second-order valence-corrected chi connectivity index (χ2v) is 12.4. The van der Waals surface area contributed by atoms with Gasteiger partial charge in [-0.1, -0.05) is 133 Å². The Morgan fingerprint density at radius 1 is 0.638 bits per heavy atom. The van der Waals surface area contributed by atoms with E-state index in [0.717, 1.165) is 45.9 Å². The summed E-state index contributed by atoms with van der Waals surface area (Å²) in [7, 11) is 0. The average Bonchev–Trinajstić information content (AvgIpc) is 3.60. The van der Waals surface area contributed by atoms with E-state index in [1.54, 1.807) is 0 Å². The van der Waals surface area contributed by atoms with Gasteiger partial charge in [0.2, 0.25) is 0 Å². The maximum atomic E-state index is 6.43. The molecule has 3 unspecified atom stereocenters. The average molecular weight is 608 g/mol. The molecule has 2 aliphatic heterocycles. The van der Waals surface area contributed by atoms with Crippen LogP contribution >= 0.6 is 0 Å². The Morgan fingerprint density at radius 3 is 2.26 bits per heavy atom. The third kappa shape index (κ3) is 5.08. The summed E-state index contributed by atoms with van der Waals surface area (Å²) in [6.45, 7) is 0. The standard InChI is InChI=1S/C43H33N3O/c1-4-11-28(12-5-1)32-17-10-18-34(25-32)38-27-37(29-13-6-2-7-14-29)44-42(45-38)35-21-23-36-33(26-35)20-19-30-22-24-39-41(40(30)36)46-43(47-39)31-15-8-3-9-16-31/h1-15,17-27,31,38,43,46H,16H2,(H,44,45). The van der Waals surface area contributed by atoms with Gasteiger partial charge in [-0.15, -0.1) is 0 Å². The maximum Gasteiger partial charge on any atom is 0.176 e. The number of rotatable bonds is 5. The summed E-state index contributed by atoms with van der Waals surface area (Å²) >= 11 is 0. The zero-order valence-corrected chi connectivity index (χ0v) is 25.8. The maximum absolute atomic E-state index is 6.43. The van der Waals surface area contributed by atoms with Crippen LogP contribution in [0, 0.1) is 5.92 Å². The third-order valence-electron chi connectivity index (χ3n) is 9.45. The SMILES string of the molecule is C1=CCC(C2Nc3c(ccc4ccc5cc(C6=NC(c7ccccc7)=CC(c7cccc(-c8ccccc8)c7)N6)ccc5c34)O2)C=C1. The molecule has 47 heavy (non-hydrogen) atoms. The fourth-order valence-electron chi connectivity index (χ4n) is 7.03. The van der Waals surface area contributed by atoms with E-state index in [-0.39, 0.29) is 12.3 Å². The molecular weight excluding hydrogens is 574 g/mol. The molecule has 0 fully saturated rings. The van der Waals surface area contributed by atoms with E-state index in [1.165, 1.54) is 32.8 Å². The molecule has 0 amide bonds. The van der Waals surface area contributed by atoms with Crippen molar-refractivity contribution in [3.63, 3.8) is 0 Å². The van der Waals surface area contributed by atoms with Gasteiger partial charge in [-0.25, -0.2) is 4.99 Å². The lowest BCUT2D eigenvalue weighted by Crippen LogP contribution is -2.31. The van der Waals surface area contributed by atoms with Gasteiger partial charge in [0.15, 0.2) is 6.23 Å². The van der Waals surface area contributed by atoms with Gasteiger partial charge in [0, 0.05) is 16.9 Å². The van der Waals surface area contributed by atoms with Crippen LogP contribution in [0.15, 0.2) is 163 Å². The quantitative estimate of drug-likeness (QED) is 0.192. The number of hydrogen-bond donors (Lipinski definition) is 2. The Hall–Kier alpha value is -5.87. The zero-order chi connectivity index (χ0) is 31.2. The molecule has 0 saturated heterocycles. The highest BCUT2D eigenvalue weighted by Gasteiger charge is 2.30. The van der Waals surface area contributed by atoms with E-state index in [1.807, 2.05) is 6.07 Å². The normalized spacial score (nSPS) is 19.8. The van der Waals surface area contributed by atoms with Crippen molar-refractivity contribution in [3.8, 4) is 16.9 Å². The van der Waals surface area contributed by atoms with Crippen LogP contribution in [-0.4, -0.2) is 12.1 Å². The summed E-state index contributed by atoms with van der Waals surface area (Å²) < 4.78 is 6.43. The molecule has 4 nitrogen and oxygen atoms in total. The Balaban J connectivity index is 1.10. The van der Waals surface area contributed by atoms with Gasteiger partial charge in [-0.3, -0.25) is 0 Å². The Morgan fingerprint density at radius 2 is 1.43 bits per heavy atom. The molecule has 1 aliphatic carbocycles. The van der Waals surface area contributed by atoms with Crippen molar-refractivity contribution >= 4 is 38.8 Å². The number of anilines is 1.